The van der Waals surface area contributed by atoms with Crippen molar-refractivity contribution >= 4 is 21.8 Å². The lowest BCUT2D eigenvalue weighted by molar-refractivity contribution is 0.628. The second-order valence-electron chi connectivity index (χ2n) is 14.0. The van der Waals surface area contributed by atoms with Gasteiger partial charge in [0.2, 0.25) is 0 Å². The molecule has 2 heterocycles. The van der Waals surface area contributed by atoms with Crippen molar-refractivity contribution in [3.63, 3.8) is 0 Å². The minimum absolute atomic E-state index is 0.287. The molecule has 0 bridgehead atoms. The Kier molecular flexibility index (Phi) is 9.91. The minimum Gasteiger partial charge on any atom is -0.309 e. The number of benzene rings is 7. The molecule has 0 saturated carbocycles. The largest absolute Gasteiger partial charge is 0.309 e. The lowest BCUT2D eigenvalue weighted by Crippen LogP contribution is -2.02. The summed E-state index contributed by atoms with van der Waals surface area (Å²) in [7, 11) is 0. The van der Waals surface area contributed by atoms with Gasteiger partial charge < -0.3 is 4.57 Å². The summed E-state index contributed by atoms with van der Waals surface area (Å²) in [6.07, 6.45) is 1.75. The molecular weight excluding hydrogens is 688 g/mol. The van der Waals surface area contributed by atoms with E-state index >= 15 is 0 Å². The van der Waals surface area contributed by atoms with Crippen molar-refractivity contribution in [2.45, 2.75) is 27.7 Å². The van der Waals surface area contributed by atoms with E-state index in [2.05, 4.69) is 105 Å². The van der Waals surface area contributed by atoms with Crippen LogP contribution in [0, 0.1) is 26.6 Å². The van der Waals surface area contributed by atoms with E-state index in [1.807, 2.05) is 79.7 Å². The van der Waals surface area contributed by atoms with Crippen LogP contribution in [0.1, 0.15) is 23.6 Å². The Morgan fingerprint density at radius 3 is 1.66 bits per heavy atom. The van der Waals surface area contributed by atoms with Crippen LogP contribution in [0.5, 0.6) is 0 Å². The molecule has 272 valence electrons. The van der Waals surface area contributed by atoms with Gasteiger partial charge in [-0.2, -0.15) is 0 Å². The third-order valence-corrected chi connectivity index (χ3v) is 10.00. The average molecular weight is 729 g/mol. The molecule has 56 heavy (non-hydrogen) atoms. The molecule has 0 aliphatic heterocycles. The Labute approximate surface area is 327 Å². The predicted octanol–water partition coefficient (Wildman–Crippen LogP) is 13.6. The number of aryl methyl sites for hydroxylation is 3. The Hall–Kier alpha value is -6.98. The molecule has 0 aliphatic rings. The highest BCUT2D eigenvalue weighted by Gasteiger charge is 2.20. The number of allylic oxidation sites excluding steroid dienone is 1. The van der Waals surface area contributed by atoms with Gasteiger partial charge in [0.05, 0.1) is 11.0 Å². The van der Waals surface area contributed by atoms with Crippen LogP contribution in [0.4, 0.5) is 4.39 Å². The first kappa shape index (κ1) is 36.0. The van der Waals surface area contributed by atoms with E-state index in [0.717, 1.165) is 44.5 Å². The molecule has 9 rings (SSSR count). The molecule has 2 aromatic heterocycles. The molecule has 0 spiro atoms. The zero-order chi connectivity index (χ0) is 38.8. The molecule has 0 amide bonds. The summed E-state index contributed by atoms with van der Waals surface area (Å²) in [6.45, 7) is 11.8. The third-order valence-electron chi connectivity index (χ3n) is 10.00. The van der Waals surface area contributed by atoms with Gasteiger partial charge in [-0.15, -0.1) is 6.58 Å². The Morgan fingerprint density at radius 2 is 1.04 bits per heavy atom. The number of para-hydroxylation sites is 1. The van der Waals surface area contributed by atoms with E-state index in [9.17, 15) is 4.39 Å². The first-order valence-electron chi connectivity index (χ1n) is 18.8. The summed E-state index contributed by atoms with van der Waals surface area (Å²) >= 11 is 0. The standard InChI is InChI=1S/C48H35FN4.C3H6/c1-30-26-31(2)45(32(3)27-30)36-20-24-41-40-16-10-11-17-43(40)53(44(41)28-36)38-23-25-39(33-18-21-37(49)22-19-33)42(29-38)48-51-46(34-12-6-4-7-13-34)50-47(52-48)35-14-8-5-9-15-35;1-3-2/h4-29H,1-3H3;3H,1H2,2H3. The van der Waals surface area contributed by atoms with Crippen LogP contribution < -0.4 is 0 Å². The molecule has 5 heteroatoms. The molecule has 7 aromatic carbocycles. The van der Waals surface area contributed by atoms with Crippen molar-refractivity contribution in [1.29, 1.82) is 0 Å². The smallest absolute Gasteiger partial charge is 0.164 e. The summed E-state index contributed by atoms with van der Waals surface area (Å²) in [5.41, 5.74) is 13.8. The van der Waals surface area contributed by atoms with Crippen LogP contribution in [0.3, 0.4) is 0 Å². The zero-order valence-corrected chi connectivity index (χ0v) is 32.0. The van der Waals surface area contributed by atoms with E-state index in [1.54, 1.807) is 6.08 Å². The highest BCUT2D eigenvalue weighted by molar-refractivity contribution is 6.10. The number of nitrogens with zero attached hydrogens (tertiary/aromatic N) is 4. The van der Waals surface area contributed by atoms with E-state index in [1.165, 1.54) is 50.7 Å². The molecule has 0 fully saturated rings. The van der Waals surface area contributed by atoms with Crippen LogP contribution in [0.2, 0.25) is 0 Å². The SMILES string of the molecule is C=CC.Cc1cc(C)c(-c2ccc3c4ccccc4n(-c4ccc(-c5ccc(F)cc5)c(-c5nc(-c6ccccc6)nc(-c6ccccc6)n5)c4)c3c2)c(C)c1. The number of halogens is 1. The Balaban J connectivity index is 0.00000143. The first-order valence-corrected chi connectivity index (χ1v) is 18.8. The fourth-order valence-corrected chi connectivity index (χ4v) is 7.71. The minimum atomic E-state index is -0.287. The van der Waals surface area contributed by atoms with Crippen LogP contribution in [-0.4, -0.2) is 19.5 Å². The highest BCUT2D eigenvalue weighted by Crippen LogP contribution is 2.40. The number of hydrogen-bond acceptors (Lipinski definition) is 3. The summed E-state index contributed by atoms with van der Waals surface area (Å²) in [5, 5.41) is 2.35. The second-order valence-corrected chi connectivity index (χ2v) is 14.0. The number of fused-ring (bicyclic) bond motifs is 3. The Bertz CT molecular complexity index is 2780. The molecule has 4 nitrogen and oxygen atoms in total. The number of aromatic nitrogens is 4. The maximum atomic E-state index is 14.2. The first-order chi connectivity index (χ1) is 27.3. The third kappa shape index (κ3) is 6.91. The van der Waals surface area contributed by atoms with Gasteiger partial charge in [0.15, 0.2) is 17.5 Å². The van der Waals surface area contributed by atoms with Crippen molar-refractivity contribution in [3.05, 3.63) is 193 Å². The van der Waals surface area contributed by atoms with Gasteiger partial charge in [-0.25, -0.2) is 19.3 Å². The highest BCUT2D eigenvalue weighted by atomic mass is 19.1. The fraction of sp³-hybridized carbons (Fsp3) is 0.0784. The lowest BCUT2D eigenvalue weighted by Gasteiger charge is -2.16. The van der Waals surface area contributed by atoms with Gasteiger partial charge in [0, 0.05) is 33.2 Å². The molecule has 0 atom stereocenters. The molecule has 9 aromatic rings. The monoisotopic (exact) mass is 728 g/mol. The van der Waals surface area contributed by atoms with E-state index < -0.39 is 0 Å². The van der Waals surface area contributed by atoms with E-state index in [0.29, 0.717) is 17.5 Å². The van der Waals surface area contributed by atoms with Gasteiger partial charge in [-0.3, -0.25) is 0 Å². The van der Waals surface area contributed by atoms with Crippen LogP contribution >= 0.6 is 0 Å². The van der Waals surface area contributed by atoms with Crippen LogP contribution in [0.15, 0.2) is 170 Å². The molecular formula is C51H41FN4. The average Bonchev–Trinajstić information content (AvgIpc) is 3.55. The second kappa shape index (κ2) is 15.4. The zero-order valence-electron chi connectivity index (χ0n) is 32.0. The van der Waals surface area contributed by atoms with Gasteiger partial charge in [0.25, 0.3) is 0 Å². The predicted molar refractivity (Wildman–Crippen MR) is 231 cm³/mol. The van der Waals surface area contributed by atoms with Gasteiger partial charge in [0.1, 0.15) is 5.82 Å². The summed E-state index contributed by atoms with van der Waals surface area (Å²) in [6, 6.07) is 52.9. The van der Waals surface area contributed by atoms with Crippen molar-refractivity contribution < 1.29 is 4.39 Å². The molecule has 0 saturated heterocycles. The van der Waals surface area contributed by atoms with Crippen molar-refractivity contribution in [2.24, 2.45) is 0 Å². The maximum absolute atomic E-state index is 14.2. The maximum Gasteiger partial charge on any atom is 0.164 e. The number of rotatable bonds is 6. The van der Waals surface area contributed by atoms with Crippen molar-refractivity contribution in [3.8, 4) is 62.1 Å². The molecule has 0 unspecified atom stereocenters. The van der Waals surface area contributed by atoms with Crippen molar-refractivity contribution in [2.75, 3.05) is 0 Å². The van der Waals surface area contributed by atoms with Crippen LogP contribution in [-0.2, 0) is 0 Å². The summed E-state index contributed by atoms with van der Waals surface area (Å²) in [4.78, 5) is 15.2. The normalized spacial score (nSPS) is 11.0. The lowest BCUT2D eigenvalue weighted by atomic mass is 9.93. The summed E-state index contributed by atoms with van der Waals surface area (Å²) < 4.78 is 16.6. The van der Waals surface area contributed by atoms with E-state index in [4.69, 9.17) is 15.0 Å². The Morgan fingerprint density at radius 1 is 0.500 bits per heavy atom. The van der Waals surface area contributed by atoms with Crippen molar-refractivity contribution in [1.82, 2.24) is 19.5 Å². The molecule has 0 radical (unpaired) electrons. The van der Waals surface area contributed by atoms with Gasteiger partial charge >= 0.3 is 0 Å². The topological polar surface area (TPSA) is 43.6 Å². The quantitative estimate of drug-likeness (QED) is 0.160. The van der Waals surface area contributed by atoms with Crippen LogP contribution in [0.25, 0.3) is 83.9 Å². The van der Waals surface area contributed by atoms with Gasteiger partial charge in [-0.05, 0) is 97.5 Å². The number of hydrogen-bond donors (Lipinski definition) is 0. The molecule has 0 aliphatic carbocycles. The van der Waals surface area contributed by atoms with E-state index in [-0.39, 0.29) is 5.82 Å². The molecule has 0 N–H and O–H groups in total. The summed E-state index contributed by atoms with van der Waals surface area (Å²) in [5.74, 6) is 1.40. The fourth-order valence-electron chi connectivity index (χ4n) is 7.71. The van der Waals surface area contributed by atoms with Gasteiger partial charge in [-0.1, -0.05) is 133 Å².